The minimum atomic E-state index is -0.491. The average molecular weight is 228 g/mol. The van der Waals surface area contributed by atoms with Crippen molar-refractivity contribution in [2.24, 2.45) is 0 Å². The van der Waals surface area contributed by atoms with Gasteiger partial charge >= 0.3 is 0 Å². The topological polar surface area (TPSA) is 46.3 Å². The van der Waals surface area contributed by atoms with Gasteiger partial charge in [-0.05, 0) is 18.2 Å². The predicted octanol–water partition coefficient (Wildman–Crippen LogP) is 2.63. The Balaban J connectivity index is 2.50. The molecule has 5 heteroatoms. The third-order valence-electron chi connectivity index (χ3n) is 2.01. The molecule has 3 nitrogen and oxygen atoms in total. The van der Waals surface area contributed by atoms with Crippen molar-refractivity contribution >= 4 is 11.6 Å². The van der Waals surface area contributed by atoms with Gasteiger partial charge in [0.15, 0.2) is 0 Å². The Morgan fingerprint density at radius 2 is 2.27 bits per heavy atom. The molecule has 0 aliphatic rings. The molecule has 2 rings (SSSR count). The molecule has 0 bridgehead atoms. The van der Waals surface area contributed by atoms with Crippen molar-refractivity contribution < 1.29 is 14.0 Å². The van der Waals surface area contributed by atoms with Crippen LogP contribution in [-0.2, 0) is 6.61 Å². The number of halogens is 2. The van der Waals surface area contributed by atoms with Crippen LogP contribution in [0, 0.1) is 5.82 Å². The zero-order valence-electron chi connectivity index (χ0n) is 7.58. The van der Waals surface area contributed by atoms with Crippen molar-refractivity contribution in [2.45, 2.75) is 6.61 Å². The van der Waals surface area contributed by atoms with E-state index in [-0.39, 0.29) is 11.6 Å². The Hall–Kier alpha value is -1.39. The van der Waals surface area contributed by atoms with Crippen LogP contribution in [0.25, 0.3) is 11.3 Å². The monoisotopic (exact) mass is 227 g/mol. The zero-order valence-corrected chi connectivity index (χ0v) is 8.33. The smallest absolute Gasteiger partial charge is 0.141 e. The van der Waals surface area contributed by atoms with Gasteiger partial charge in [-0.2, -0.15) is 0 Å². The molecule has 0 unspecified atom stereocenters. The lowest BCUT2D eigenvalue weighted by Crippen LogP contribution is -1.87. The molecule has 15 heavy (non-hydrogen) atoms. The number of aromatic nitrogens is 1. The van der Waals surface area contributed by atoms with E-state index in [9.17, 15) is 4.39 Å². The molecule has 1 aromatic carbocycles. The second-order valence-corrected chi connectivity index (χ2v) is 3.38. The molecule has 0 fully saturated rings. The van der Waals surface area contributed by atoms with E-state index in [0.29, 0.717) is 16.8 Å². The Morgan fingerprint density at radius 3 is 2.93 bits per heavy atom. The van der Waals surface area contributed by atoms with E-state index < -0.39 is 5.82 Å². The van der Waals surface area contributed by atoms with Crippen molar-refractivity contribution in [1.29, 1.82) is 0 Å². The second kappa shape index (κ2) is 4.00. The molecular formula is C10H7ClFNO2. The minimum Gasteiger partial charge on any atom is -0.391 e. The van der Waals surface area contributed by atoms with E-state index in [1.807, 2.05) is 0 Å². The van der Waals surface area contributed by atoms with Crippen LogP contribution >= 0.6 is 11.6 Å². The number of rotatable bonds is 2. The second-order valence-electron chi connectivity index (χ2n) is 2.98. The van der Waals surface area contributed by atoms with Gasteiger partial charge in [0.1, 0.15) is 17.8 Å². The molecule has 1 N–H and O–H groups in total. The first kappa shape index (κ1) is 10.1. The summed E-state index contributed by atoms with van der Waals surface area (Å²) in [6.45, 7) is -0.187. The molecule has 0 atom stereocenters. The summed E-state index contributed by atoms with van der Waals surface area (Å²) in [7, 11) is 0. The molecule has 0 saturated carbocycles. The van der Waals surface area contributed by atoms with Crippen LogP contribution in [0.2, 0.25) is 5.02 Å². The normalized spacial score (nSPS) is 10.6. The van der Waals surface area contributed by atoms with E-state index in [1.165, 1.54) is 24.5 Å². The summed E-state index contributed by atoms with van der Waals surface area (Å²) in [5.41, 5.74) is 1.62. The molecule has 0 aliphatic carbocycles. The van der Waals surface area contributed by atoms with Crippen LogP contribution in [0.3, 0.4) is 0 Å². The maximum absolute atomic E-state index is 12.9. The number of aliphatic hydroxyl groups excluding tert-OH is 1. The Morgan fingerprint density at radius 1 is 1.47 bits per heavy atom. The van der Waals surface area contributed by atoms with Gasteiger partial charge in [-0.1, -0.05) is 16.8 Å². The summed E-state index contributed by atoms with van der Waals surface area (Å²) < 4.78 is 17.6. The van der Waals surface area contributed by atoms with Crippen LogP contribution in [0.4, 0.5) is 4.39 Å². The van der Waals surface area contributed by atoms with Gasteiger partial charge in [0.05, 0.1) is 11.6 Å². The first-order valence-electron chi connectivity index (χ1n) is 4.22. The highest BCUT2D eigenvalue weighted by atomic mass is 35.5. The third kappa shape index (κ3) is 1.86. The van der Waals surface area contributed by atoms with Gasteiger partial charge in [0.25, 0.3) is 0 Å². The van der Waals surface area contributed by atoms with Crippen LogP contribution in [0.1, 0.15) is 5.56 Å². The Kier molecular flexibility index (Phi) is 2.70. The summed E-state index contributed by atoms with van der Waals surface area (Å²) >= 11 is 5.63. The predicted molar refractivity (Wildman–Crippen MR) is 52.8 cm³/mol. The minimum absolute atomic E-state index is 0.0133. The van der Waals surface area contributed by atoms with E-state index in [1.54, 1.807) is 0 Å². The highest BCUT2D eigenvalue weighted by Gasteiger charge is 2.10. The van der Waals surface area contributed by atoms with Crippen molar-refractivity contribution in [3.8, 4) is 11.3 Å². The number of hydrogen-bond acceptors (Lipinski definition) is 3. The fourth-order valence-corrected chi connectivity index (χ4v) is 1.43. The fraction of sp³-hybridized carbons (Fsp3) is 0.100. The molecule has 78 valence electrons. The standard InChI is InChI=1S/C10H7ClFNO2/c11-8-3-6(1-2-9(8)12)10-7(4-14)5-15-13-10/h1-3,5,14H,4H2. The lowest BCUT2D eigenvalue weighted by molar-refractivity contribution is 0.280. The zero-order chi connectivity index (χ0) is 10.8. The van der Waals surface area contributed by atoms with Gasteiger partial charge < -0.3 is 9.63 Å². The van der Waals surface area contributed by atoms with Gasteiger partial charge in [0, 0.05) is 11.1 Å². The molecule has 0 spiro atoms. The number of benzene rings is 1. The summed E-state index contributed by atoms with van der Waals surface area (Å²) in [5.74, 6) is -0.491. The Labute approximate surface area is 90.1 Å². The van der Waals surface area contributed by atoms with Gasteiger partial charge in [-0.25, -0.2) is 4.39 Å². The number of aliphatic hydroxyl groups is 1. The molecule has 1 aromatic heterocycles. The van der Waals surface area contributed by atoms with Gasteiger partial charge in [-0.15, -0.1) is 0 Å². The van der Waals surface area contributed by atoms with Crippen LogP contribution in [-0.4, -0.2) is 10.3 Å². The molecular weight excluding hydrogens is 221 g/mol. The first-order valence-corrected chi connectivity index (χ1v) is 4.59. The van der Waals surface area contributed by atoms with Crippen molar-refractivity contribution in [3.63, 3.8) is 0 Å². The average Bonchev–Trinajstić information content (AvgIpc) is 2.70. The molecule has 0 radical (unpaired) electrons. The highest BCUT2D eigenvalue weighted by molar-refractivity contribution is 6.31. The van der Waals surface area contributed by atoms with E-state index in [4.69, 9.17) is 21.2 Å². The maximum Gasteiger partial charge on any atom is 0.141 e. The van der Waals surface area contributed by atoms with E-state index in [2.05, 4.69) is 5.16 Å². The summed E-state index contributed by atoms with van der Waals surface area (Å²) in [6, 6.07) is 4.21. The third-order valence-corrected chi connectivity index (χ3v) is 2.30. The van der Waals surface area contributed by atoms with Gasteiger partial charge in [-0.3, -0.25) is 0 Å². The maximum atomic E-state index is 12.9. The Bertz CT molecular complexity index is 484. The summed E-state index contributed by atoms with van der Waals surface area (Å²) in [5, 5.41) is 12.7. The van der Waals surface area contributed by atoms with E-state index >= 15 is 0 Å². The van der Waals surface area contributed by atoms with Crippen molar-refractivity contribution in [2.75, 3.05) is 0 Å². The van der Waals surface area contributed by atoms with Crippen molar-refractivity contribution in [3.05, 3.63) is 40.9 Å². The number of hydrogen-bond donors (Lipinski definition) is 1. The summed E-state index contributed by atoms with van der Waals surface area (Å²) in [4.78, 5) is 0. The number of nitrogens with zero attached hydrogens (tertiary/aromatic N) is 1. The lowest BCUT2D eigenvalue weighted by atomic mass is 10.1. The van der Waals surface area contributed by atoms with Gasteiger partial charge in [0.2, 0.25) is 0 Å². The summed E-state index contributed by atoms with van der Waals surface area (Å²) in [6.07, 6.45) is 1.34. The highest BCUT2D eigenvalue weighted by Crippen LogP contribution is 2.26. The van der Waals surface area contributed by atoms with E-state index in [0.717, 1.165) is 0 Å². The van der Waals surface area contributed by atoms with Crippen LogP contribution in [0.15, 0.2) is 29.0 Å². The molecule has 2 aromatic rings. The fourth-order valence-electron chi connectivity index (χ4n) is 1.25. The largest absolute Gasteiger partial charge is 0.391 e. The van der Waals surface area contributed by atoms with Crippen molar-refractivity contribution in [1.82, 2.24) is 5.16 Å². The first-order chi connectivity index (χ1) is 7.22. The van der Waals surface area contributed by atoms with Crippen LogP contribution < -0.4 is 0 Å². The molecule has 0 saturated heterocycles. The molecule has 0 amide bonds. The van der Waals surface area contributed by atoms with Crippen LogP contribution in [0.5, 0.6) is 0 Å². The molecule has 1 heterocycles. The lowest BCUT2D eigenvalue weighted by Gasteiger charge is -2.00. The molecule has 0 aliphatic heterocycles. The quantitative estimate of drug-likeness (QED) is 0.858. The SMILES string of the molecule is OCc1conc1-c1ccc(F)c(Cl)c1.